The molecule has 0 radical (unpaired) electrons. The number of benzene rings is 2. The zero-order valence-corrected chi connectivity index (χ0v) is 13.3. The Morgan fingerprint density at radius 1 is 1.09 bits per heavy atom. The lowest BCUT2D eigenvalue weighted by Crippen LogP contribution is -2.18. The van der Waals surface area contributed by atoms with Crippen LogP contribution < -0.4 is 4.72 Å². The van der Waals surface area contributed by atoms with Crippen molar-refractivity contribution in [1.29, 1.82) is 0 Å². The van der Waals surface area contributed by atoms with E-state index in [4.69, 9.17) is 4.84 Å². The first-order valence-electron chi connectivity index (χ1n) is 6.77. The van der Waals surface area contributed by atoms with E-state index in [1.807, 2.05) is 37.3 Å². The minimum absolute atomic E-state index is 0.219. The van der Waals surface area contributed by atoms with Crippen LogP contribution in [0.3, 0.4) is 0 Å². The molecule has 0 spiro atoms. The van der Waals surface area contributed by atoms with Crippen molar-refractivity contribution < 1.29 is 13.3 Å². The van der Waals surface area contributed by atoms with Gasteiger partial charge in [-0.05, 0) is 37.2 Å². The first kappa shape index (κ1) is 16.2. The van der Waals surface area contributed by atoms with E-state index < -0.39 is 10.0 Å². The van der Waals surface area contributed by atoms with Gasteiger partial charge in [0, 0.05) is 0 Å². The van der Waals surface area contributed by atoms with Crippen molar-refractivity contribution in [3.63, 3.8) is 0 Å². The Labute approximate surface area is 130 Å². The Bertz CT molecular complexity index is 739. The number of hydrogen-bond acceptors (Lipinski definition) is 4. The van der Waals surface area contributed by atoms with Gasteiger partial charge < -0.3 is 4.84 Å². The van der Waals surface area contributed by atoms with Gasteiger partial charge >= 0.3 is 0 Å². The largest absolute Gasteiger partial charge is 0.391 e. The average molecular weight is 318 g/mol. The van der Waals surface area contributed by atoms with Gasteiger partial charge in [-0.2, -0.15) is 0 Å². The number of nitrogens with one attached hydrogen (secondary N) is 1. The molecule has 5 nitrogen and oxygen atoms in total. The highest BCUT2D eigenvalue weighted by atomic mass is 32.2. The van der Waals surface area contributed by atoms with Gasteiger partial charge in [0.05, 0.1) is 10.6 Å². The maximum atomic E-state index is 11.6. The molecule has 2 rings (SSSR count). The lowest BCUT2D eigenvalue weighted by atomic mass is 10.1. The minimum Gasteiger partial charge on any atom is -0.391 e. The molecule has 116 valence electrons. The van der Waals surface area contributed by atoms with E-state index >= 15 is 0 Å². The van der Waals surface area contributed by atoms with Crippen LogP contribution >= 0.6 is 0 Å². The van der Waals surface area contributed by atoms with Crippen LogP contribution in [0, 0.1) is 0 Å². The Morgan fingerprint density at radius 3 is 2.32 bits per heavy atom. The molecule has 0 aliphatic carbocycles. The van der Waals surface area contributed by atoms with Gasteiger partial charge in [0.15, 0.2) is 0 Å². The van der Waals surface area contributed by atoms with Gasteiger partial charge in [-0.15, -0.1) is 0 Å². The summed E-state index contributed by atoms with van der Waals surface area (Å²) < 4.78 is 25.6. The summed E-state index contributed by atoms with van der Waals surface area (Å²) in [6.45, 7) is 2.21. The first-order valence-corrected chi connectivity index (χ1v) is 8.26. The van der Waals surface area contributed by atoms with Crippen LogP contribution in [0.4, 0.5) is 0 Å². The second-order valence-electron chi connectivity index (χ2n) is 4.67. The van der Waals surface area contributed by atoms with Crippen LogP contribution in [0.1, 0.15) is 18.1 Å². The maximum Gasteiger partial charge on any atom is 0.240 e. The molecule has 22 heavy (non-hydrogen) atoms. The molecule has 0 aliphatic rings. The van der Waals surface area contributed by atoms with E-state index in [0.717, 1.165) is 11.1 Å². The van der Waals surface area contributed by atoms with Crippen LogP contribution in [-0.2, 0) is 21.5 Å². The van der Waals surface area contributed by atoms with Crippen LogP contribution in [0.5, 0.6) is 0 Å². The van der Waals surface area contributed by atoms with Gasteiger partial charge in [0.1, 0.15) is 6.61 Å². The summed E-state index contributed by atoms with van der Waals surface area (Å²) in [6.07, 6.45) is 0. The number of nitrogens with zero attached hydrogens (tertiary/aromatic N) is 1. The highest BCUT2D eigenvalue weighted by Crippen LogP contribution is 2.11. The van der Waals surface area contributed by atoms with Crippen LogP contribution in [-0.4, -0.2) is 21.2 Å². The fraction of sp³-hybridized carbons (Fsp3) is 0.188. The third-order valence-corrected chi connectivity index (χ3v) is 4.56. The normalized spacial score (nSPS) is 12.2. The van der Waals surface area contributed by atoms with Crippen molar-refractivity contribution in [2.24, 2.45) is 5.16 Å². The Hall–Kier alpha value is -2.18. The summed E-state index contributed by atoms with van der Waals surface area (Å²) in [5, 5.41) is 4.05. The van der Waals surface area contributed by atoms with E-state index in [0.29, 0.717) is 12.3 Å². The van der Waals surface area contributed by atoms with Crippen molar-refractivity contribution in [1.82, 2.24) is 4.72 Å². The summed E-state index contributed by atoms with van der Waals surface area (Å²) in [4.78, 5) is 5.53. The van der Waals surface area contributed by atoms with E-state index in [1.54, 1.807) is 12.1 Å². The van der Waals surface area contributed by atoms with Gasteiger partial charge in [-0.1, -0.05) is 47.6 Å². The Morgan fingerprint density at radius 2 is 1.73 bits per heavy atom. The highest BCUT2D eigenvalue weighted by molar-refractivity contribution is 7.89. The second kappa shape index (κ2) is 7.20. The standard InChI is InChI=1S/C16H18N2O3S/c1-13(18-21-12-14-6-4-3-5-7-14)15-8-10-16(11-9-15)22(19,20)17-2/h3-11,17H,12H2,1-2H3/b18-13+. The molecule has 0 saturated carbocycles. The number of hydrogen-bond donors (Lipinski definition) is 1. The fourth-order valence-electron chi connectivity index (χ4n) is 1.82. The summed E-state index contributed by atoms with van der Waals surface area (Å²) in [5.41, 5.74) is 2.53. The molecule has 2 aromatic carbocycles. The van der Waals surface area contributed by atoms with Gasteiger partial charge in [0.2, 0.25) is 10.0 Å². The van der Waals surface area contributed by atoms with Crippen molar-refractivity contribution in [3.8, 4) is 0 Å². The molecule has 6 heteroatoms. The van der Waals surface area contributed by atoms with E-state index in [-0.39, 0.29) is 4.90 Å². The predicted molar refractivity (Wildman–Crippen MR) is 86.1 cm³/mol. The summed E-state index contributed by atoms with van der Waals surface area (Å²) in [5.74, 6) is 0. The smallest absolute Gasteiger partial charge is 0.240 e. The van der Waals surface area contributed by atoms with Crippen molar-refractivity contribution in [2.75, 3.05) is 7.05 Å². The SMILES string of the molecule is CNS(=O)(=O)c1ccc(/C(C)=N/OCc2ccccc2)cc1. The lowest BCUT2D eigenvalue weighted by molar-refractivity contribution is 0.130. The van der Waals surface area contributed by atoms with Crippen molar-refractivity contribution in [3.05, 3.63) is 65.7 Å². The van der Waals surface area contributed by atoms with Gasteiger partial charge in [-0.25, -0.2) is 13.1 Å². The maximum absolute atomic E-state index is 11.6. The molecule has 0 aliphatic heterocycles. The topological polar surface area (TPSA) is 67.8 Å². The average Bonchev–Trinajstić information content (AvgIpc) is 2.56. The molecule has 0 heterocycles. The molecule has 0 unspecified atom stereocenters. The van der Waals surface area contributed by atoms with E-state index in [2.05, 4.69) is 9.88 Å². The molecule has 0 amide bonds. The quantitative estimate of drug-likeness (QED) is 0.657. The number of oxime groups is 1. The Kier molecular flexibility index (Phi) is 5.30. The molecule has 2 aromatic rings. The Balaban J connectivity index is 2.03. The summed E-state index contributed by atoms with van der Waals surface area (Å²) >= 11 is 0. The van der Waals surface area contributed by atoms with Gasteiger partial charge in [0.25, 0.3) is 0 Å². The minimum atomic E-state index is -3.41. The third kappa shape index (κ3) is 4.16. The fourth-order valence-corrected chi connectivity index (χ4v) is 2.55. The number of sulfonamides is 1. The van der Waals surface area contributed by atoms with E-state index in [9.17, 15) is 8.42 Å². The highest BCUT2D eigenvalue weighted by Gasteiger charge is 2.10. The number of rotatable bonds is 6. The molecular formula is C16H18N2O3S. The van der Waals surface area contributed by atoms with Crippen LogP contribution in [0.25, 0.3) is 0 Å². The van der Waals surface area contributed by atoms with Crippen LogP contribution in [0.2, 0.25) is 0 Å². The zero-order chi connectivity index (χ0) is 16.0. The van der Waals surface area contributed by atoms with E-state index in [1.165, 1.54) is 19.2 Å². The monoisotopic (exact) mass is 318 g/mol. The van der Waals surface area contributed by atoms with Crippen LogP contribution in [0.15, 0.2) is 64.6 Å². The van der Waals surface area contributed by atoms with Crippen molar-refractivity contribution in [2.45, 2.75) is 18.4 Å². The van der Waals surface area contributed by atoms with Gasteiger partial charge in [-0.3, -0.25) is 0 Å². The molecule has 0 fully saturated rings. The summed E-state index contributed by atoms with van der Waals surface area (Å²) in [6, 6.07) is 16.2. The molecule has 0 atom stereocenters. The molecule has 1 N–H and O–H groups in total. The molecule has 0 saturated heterocycles. The van der Waals surface area contributed by atoms with Crippen molar-refractivity contribution >= 4 is 15.7 Å². The second-order valence-corrected chi connectivity index (χ2v) is 6.55. The molecule has 0 aromatic heterocycles. The summed E-state index contributed by atoms with van der Waals surface area (Å²) in [7, 11) is -2.03. The predicted octanol–water partition coefficient (Wildman–Crippen LogP) is 2.54. The lowest BCUT2D eigenvalue weighted by Gasteiger charge is -2.05. The zero-order valence-electron chi connectivity index (χ0n) is 12.5. The molecule has 0 bridgehead atoms. The molecular weight excluding hydrogens is 300 g/mol. The third-order valence-electron chi connectivity index (χ3n) is 3.13. The first-order chi connectivity index (χ1) is 10.5.